The molecule has 0 saturated heterocycles. The lowest BCUT2D eigenvalue weighted by Gasteiger charge is -2.44. The van der Waals surface area contributed by atoms with Crippen LogP contribution in [0.5, 0.6) is 0 Å². The van der Waals surface area contributed by atoms with Gasteiger partial charge in [-0.25, -0.2) is 0 Å². The van der Waals surface area contributed by atoms with E-state index < -0.39 is 270 Å². The van der Waals surface area contributed by atoms with E-state index in [1.165, 1.54) is 0 Å². The van der Waals surface area contributed by atoms with Gasteiger partial charge in [-0.05, 0) is 91.4 Å². The van der Waals surface area contributed by atoms with Gasteiger partial charge < -0.3 is 4.90 Å². The number of hydrogen-bond acceptors (Lipinski definition) is 1. The van der Waals surface area contributed by atoms with Crippen molar-refractivity contribution in [1.82, 2.24) is 0 Å². The minimum Gasteiger partial charge on any atom is -0.310 e. The second-order valence-corrected chi connectivity index (χ2v) is 9.76. The number of nitrogens with zero attached hydrogens (tertiary/aromatic N) is 1. The van der Waals surface area contributed by atoms with Gasteiger partial charge in [0, 0.05) is 41.6 Å². The van der Waals surface area contributed by atoms with E-state index in [0.717, 1.165) is 0 Å². The van der Waals surface area contributed by atoms with Crippen LogP contribution in [0.15, 0.2) is 151 Å². The van der Waals surface area contributed by atoms with Crippen molar-refractivity contribution in [2.45, 2.75) is 51.9 Å². The summed E-state index contributed by atoms with van der Waals surface area (Å²) in [4.78, 5) is -0.240. The number of hydrogen-bond donors (Lipinski definition) is 0. The van der Waals surface area contributed by atoms with E-state index in [2.05, 4.69) is 0 Å². The molecule has 0 N–H and O–H groups in total. The summed E-state index contributed by atoms with van der Waals surface area (Å²) in [5, 5.41) is 0. The van der Waals surface area contributed by atoms with Crippen molar-refractivity contribution in [3.63, 3.8) is 0 Å². The molecule has 0 unspecified atom stereocenters. The van der Waals surface area contributed by atoms with Gasteiger partial charge in [0.05, 0.1) is 40.0 Å². The molecule has 1 aliphatic carbocycles. The highest BCUT2D eigenvalue weighted by Crippen LogP contribution is 2.63. The Morgan fingerprint density at radius 1 is 0.435 bits per heavy atom. The van der Waals surface area contributed by atoms with Crippen LogP contribution >= 0.6 is 0 Å². The Morgan fingerprint density at radius 3 is 1.24 bits per heavy atom. The lowest BCUT2D eigenvalue weighted by Crippen LogP contribution is -2.42. The molecule has 1 nitrogen and oxygen atoms in total. The van der Waals surface area contributed by atoms with E-state index in [1.807, 2.05) is 0 Å². The van der Waals surface area contributed by atoms with Crippen LogP contribution in [0.3, 0.4) is 0 Å². The molecule has 1 aliphatic rings. The van der Waals surface area contributed by atoms with Crippen LogP contribution in [-0.4, -0.2) is 0 Å². The summed E-state index contributed by atoms with van der Waals surface area (Å²) in [6, 6.07) is -36.9. The molecule has 228 valence electrons. The molecule has 0 amide bonds. The Bertz CT molecular complexity index is 3730. The zero-order valence-corrected chi connectivity index (χ0v) is 22.9. The SMILES string of the molecule is [2H]c1c([2H])c([2H])c(-c2c([2H])c([2H])c(N(c3c([2H])c([2H])c(-c4c([2H])c([2H])c([2H])c([2H])c4[2H])c([2H])c3[2H])c3c([2H])c4c(c([2H])c3-c3c([2H])c([2H])c([2H])c([2H])c3[2H])C(C([2H])([2H])[2H])(C([2H])([2H])[2H])C(C([2H])([2H])[2H])(C([2H])([2H])[2H])C4(C([2H])([2H])[2H])C([2H])([2H])[2H])c([2H])c2[2H])c([2H])c1[2H]. The highest BCUT2D eigenvalue weighted by atomic mass is 15.1. The number of benzene rings is 6. The molecule has 7 rings (SSSR count). The van der Waals surface area contributed by atoms with Gasteiger partial charge in [-0.3, -0.25) is 0 Å². The minimum absolute atomic E-state index is 0.240. The molecule has 0 saturated carbocycles. The fraction of sp³-hybridized carbons (Fsp3) is 0.200. The zero-order chi connectivity index (χ0) is 68.9. The van der Waals surface area contributed by atoms with Crippen molar-refractivity contribution in [2.24, 2.45) is 5.41 Å². The Kier molecular flexibility index (Phi) is 1.98. The topological polar surface area (TPSA) is 3.24 Å². The molecular weight excluding hydrogens is 555 g/mol. The van der Waals surface area contributed by atoms with Crippen LogP contribution in [-0.2, 0) is 10.8 Å². The van der Waals surface area contributed by atoms with Crippen LogP contribution in [0.4, 0.5) is 17.1 Å². The molecule has 46 heavy (non-hydrogen) atoms. The van der Waals surface area contributed by atoms with Crippen molar-refractivity contribution in [2.75, 3.05) is 4.90 Å². The van der Waals surface area contributed by atoms with Crippen LogP contribution < -0.4 is 4.90 Å². The summed E-state index contributed by atoms with van der Waals surface area (Å²) in [7, 11) is 0. The maximum atomic E-state index is 10.5. The van der Waals surface area contributed by atoms with Crippen molar-refractivity contribution in [3.05, 3.63) is 162 Å². The molecule has 6 aromatic rings. The third-order valence-electron chi connectivity index (χ3n) is 7.00. The summed E-state index contributed by atoms with van der Waals surface area (Å²) >= 11 is 0. The van der Waals surface area contributed by atoms with E-state index in [1.54, 1.807) is 0 Å². The molecule has 0 heterocycles. The summed E-state index contributed by atoms with van der Waals surface area (Å²) in [5.41, 5.74) is -34.4. The molecule has 0 spiro atoms. The van der Waals surface area contributed by atoms with Gasteiger partial charge in [-0.2, -0.15) is 0 Å². The number of anilines is 3. The molecule has 0 atom stereocenters. The fourth-order valence-corrected chi connectivity index (χ4v) is 4.60. The van der Waals surface area contributed by atoms with Crippen LogP contribution in [0.1, 0.15) is 111 Å². The Hall–Kier alpha value is -4.88. The smallest absolute Gasteiger partial charge is 0.0648 e. The number of rotatable bonds is 6. The predicted molar refractivity (Wildman–Crippen MR) is 197 cm³/mol. The van der Waals surface area contributed by atoms with Crippen LogP contribution in [0.25, 0.3) is 33.4 Å². The maximum absolute atomic E-state index is 10.5. The summed E-state index contributed by atoms with van der Waals surface area (Å²) in [6.45, 7) is -30.5. The van der Waals surface area contributed by atoms with Crippen molar-refractivity contribution < 1.29 is 58.9 Å². The van der Waals surface area contributed by atoms with Gasteiger partial charge in [0.2, 0.25) is 0 Å². The molecule has 0 aromatic heterocycles. The highest BCUT2D eigenvalue weighted by molar-refractivity contribution is 5.90. The Balaban J connectivity index is 2.05. The molecule has 0 bridgehead atoms. The summed E-state index contributed by atoms with van der Waals surface area (Å²) in [5.74, 6) is 0. The van der Waals surface area contributed by atoms with Crippen LogP contribution in [0, 0.1) is 5.41 Å². The molecule has 1 heteroatoms. The third kappa shape index (κ3) is 4.77. The van der Waals surface area contributed by atoms with Gasteiger partial charge in [0.1, 0.15) is 0 Å². The second kappa shape index (κ2) is 11.2. The zero-order valence-electron chi connectivity index (χ0n) is 65.9. The lowest BCUT2D eigenvalue weighted by atomic mass is 9.59. The molecule has 6 aromatic carbocycles. The van der Waals surface area contributed by atoms with Gasteiger partial charge in [0.15, 0.2) is 0 Å². The average molecular weight is 641 g/mol. The highest BCUT2D eigenvalue weighted by Gasteiger charge is 2.57. The van der Waals surface area contributed by atoms with E-state index in [4.69, 9.17) is 34.3 Å². The Labute approximate surface area is 335 Å². The second-order valence-electron chi connectivity index (χ2n) is 9.76. The van der Waals surface area contributed by atoms with E-state index in [-0.39, 0.29) is 4.90 Å². The fourth-order valence-electron chi connectivity index (χ4n) is 4.60. The largest absolute Gasteiger partial charge is 0.310 e. The first-order valence-corrected chi connectivity index (χ1v) is 12.9. The van der Waals surface area contributed by atoms with Crippen molar-refractivity contribution >= 4 is 17.1 Å². The maximum Gasteiger partial charge on any atom is 0.0648 e. The van der Waals surface area contributed by atoms with Gasteiger partial charge in [-0.1, -0.05) is 156 Å². The summed E-state index contributed by atoms with van der Waals surface area (Å²) < 4.78 is 390. The van der Waals surface area contributed by atoms with Gasteiger partial charge >= 0.3 is 0 Å². The predicted octanol–water partition coefficient (Wildman–Crippen LogP) is 12.8. The Morgan fingerprint density at radius 2 is 0.826 bits per heavy atom. The monoisotopic (exact) mass is 641 g/mol. The van der Waals surface area contributed by atoms with Crippen molar-refractivity contribution in [1.29, 1.82) is 0 Å². The van der Waals surface area contributed by atoms with E-state index in [9.17, 15) is 24.7 Å². The van der Waals surface area contributed by atoms with Gasteiger partial charge in [-0.15, -0.1) is 0 Å². The van der Waals surface area contributed by atoms with E-state index >= 15 is 0 Å². The first-order chi connectivity index (χ1) is 40.0. The van der Waals surface area contributed by atoms with Crippen molar-refractivity contribution in [3.8, 4) is 33.4 Å². The van der Waals surface area contributed by atoms with Crippen LogP contribution in [0.2, 0.25) is 0 Å². The first kappa shape index (κ1) is 8.15. The lowest BCUT2D eigenvalue weighted by molar-refractivity contribution is 0.125. The summed E-state index contributed by atoms with van der Waals surface area (Å²) in [6.07, 6.45) is 0. The van der Waals surface area contributed by atoms with Gasteiger partial charge in [0.25, 0.3) is 0 Å². The number of fused-ring (bicyclic) bond motifs is 1. The minimum atomic E-state index is -5.49. The first-order valence-electron chi connectivity index (χ1n) is 34.4. The van der Waals surface area contributed by atoms with E-state index in [0.29, 0.717) is 0 Å². The quantitative estimate of drug-likeness (QED) is 0.175. The molecule has 0 aliphatic heterocycles. The normalized spacial score (nSPS) is 30.7. The standard InChI is InChI=1S/C45H43N/c1-43(2)40-30-39(36-20-14-9-15-21-36)42(31-41(40)44(3,4)45(43,5)6)46(37-26-22-34(23-27-37)32-16-10-7-11-17-32)38-28-24-35(25-29-38)33-18-12-8-13-19-33/h7-31H,1-6H3/i1D3,2D3,3D3,4D3,5D3,6D3,7D,8D,9D,10D,11D,12D,13D,14D,15D,16D,17D,18D,19D,20D,21D,22D,23D,24D,25D,26D,27D,28D,29D,30D,31D. The molecule has 0 radical (unpaired) electrons. The third-order valence-corrected chi connectivity index (χ3v) is 7.00. The molecule has 0 fully saturated rings. The average Bonchev–Trinajstić information content (AvgIpc) is 1.46. The molecular formula is C45H43N.